The summed E-state index contributed by atoms with van der Waals surface area (Å²) >= 11 is 0. The topological polar surface area (TPSA) is 65.4 Å². The van der Waals surface area contributed by atoms with Crippen LogP contribution in [0.25, 0.3) is 11.0 Å². The Labute approximate surface area is 218 Å². The molecule has 0 radical (unpaired) electrons. The number of nitrogens with one attached hydrogen (secondary N) is 1. The summed E-state index contributed by atoms with van der Waals surface area (Å²) in [6, 6.07) is 20.0. The highest BCUT2D eigenvalue weighted by Gasteiger charge is 2.13. The highest BCUT2D eigenvalue weighted by Crippen LogP contribution is 2.28. The monoisotopic (exact) mass is 497 g/mol. The number of methoxy groups -OCH3 is 1. The van der Waals surface area contributed by atoms with Crippen molar-refractivity contribution in [2.24, 2.45) is 0 Å². The number of hydrogen-bond donors (Lipinski definition) is 1. The number of amides is 1. The standard InChI is InChI=1S/C31H35N3O3/c1-5-9-24-14-16-28(29(21-24)36-4)37-19-18-34-27-11-7-6-10-26(27)33-30(34)12-8-17-32-31(35)25-15-13-22(2)20-23(25)3/h5-7,10-11,13-16,20-21H,1,8-9,12,17-19H2,2-4H3,(H,32,35). The van der Waals surface area contributed by atoms with Crippen molar-refractivity contribution in [3.05, 3.63) is 101 Å². The van der Waals surface area contributed by atoms with E-state index in [1.807, 2.05) is 74.5 Å². The van der Waals surface area contributed by atoms with Gasteiger partial charge >= 0.3 is 0 Å². The molecular formula is C31H35N3O3. The van der Waals surface area contributed by atoms with Gasteiger partial charge in [0.15, 0.2) is 11.5 Å². The Morgan fingerprint density at radius 1 is 1.08 bits per heavy atom. The van der Waals surface area contributed by atoms with Crippen molar-refractivity contribution in [3.8, 4) is 11.5 Å². The number of fused-ring (bicyclic) bond motifs is 1. The quantitative estimate of drug-likeness (QED) is 0.198. The zero-order valence-corrected chi connectivity index (χ0v) is 21.9. The summed E-state index contributed by atoms with van der Waals surface area (Å²) < 4.78 is 13.8. The fourth-order valence-corrected chi connectivity index (χ4v) is 4.55. The number of nitrogens with zero attached hydrogens (tertiary/aromatic N) is 2. The van der Waals surface area contributed by atoms with Gasteiger partial charge < -0.3 is 19.4 Å². The number of ether oxygens (including phenoxy) is 2. The molecule has 0 aliphatic carbocycles. The number of carbonyl (C=O) groups is 1. The van der Waals surface area contributed by atoms with Crippen LogP contribution in [0.15, 0.2) is 73.3 Å². The molecule has 192 valence electrons. The molecule has 1 amide bonds. The predicted molar refractivity (Wildman–Crippen MR) is 149 cm³/mol. The Morgan fingerprint density at radius 2 is 1.92 bits per heavy atom. The minimum atomic E-state index is -0.0348. The van der Waals surface area contributed by atoms with Crippen LogP contribution < -0.4 is 14.8 Å². The second-order valence-electron chi connectivity index (χ2n) is 9.17. The highest BCUT2D eigenvalue weighted by atomic mass is 16.5. The number of benzene rings is 3. The third-order valence-corrected chi connectivity index (χ3v) is 6.40. The van der Waals surface area contributed by atoms with Crippen molar-refractivity contribution in [3.63, 3.8) is 0 Å². The van der Waals surface area contributed by atoms with Gasteiger partial charge in [0.05, 0.1) is 24.7 Å². The molecule has 0 saturated carbocycles. The lowest BCUT2D eigenvalue weighted by Crippen LogP contribution is -2.25. The maximum atomic E-state index is 12.6. The van der Waals surface area contributed by atoms with E-state index in [1.54, 1.807) is 7.11 Å². The SMILES string of the molecule is C=CCc1ccc(OCCn2c(CCCNC(=O)c3ccc(C)cc3C)nc3ccccc32)c(OC)c1. The molecule has 0 saturated heterocycles. The van der Waals surface area contributed by atoms with E-state index in [4.69, 9.17) is 14.5 Å². The second-order valence-corrected chi connectivity index (χ2v) is 9.17. The molecular weight excluding hydrogens is 462 g/mol. The molecule has 0 aliphatic heterocycles. The molecule has 0 unspecified atom stereocenters. The van der Waals surface area contributed by atoms with Gasteiger partial charge in [-0.2, -0.15) is 0 Å². The largest absolute Gasteiger partial charge is 0.493 e. The highest BCUT2D eigenvalue weighted by molar-refractivity contribution is 5.95. The average molecular weight is 498 g/mol. The Kier molecular flexibility index (Phi) is 8.62. The van der Waals surface area contributed by atoms with Gasteiger partial charge in [-0.1, -0.05) is 42.0 Å². The van der Waals surface area contributed by atoms with Crippen LogP contribution in [0.1, 0.15) is 39.3 Å². The van der Waals surface area contributed by atoms with Crippen LogP contribution in [-0.4, -0.2) is 35.7 Å². The molecule has 1 aromatic heterocycles. The lowest BCUT2D eigenvalue weighted by atomic mass is 10.1. The fraction of sp³-hybridized carbons (Fsp3) is 0.290. The van der Waals surface area contributed by atoms with Crippen molar-refractivity contribution in [1.29, 1.82) is 0 Å². The van der Waals surface area contributed by atoms with Crippen molar-refractivity contribution in [1.82, 2.24) is 14.9 Å². The molecule has 0 atom stereocenters. The molecule has 4 rings (SSSR count). The number of carbonyl (C=O) groups excluding carboxylic acids is 1. The van der Waals surface area contributed by atoms with E-state index in [1.165, 1.54) is 0 Å². The van der Waals surface area contributed by atoms with E-state index in [0.29, 0.717) is 19.7 Å². The third-order valence-electron chi connectivity index (χ3n) is 6.40. The second kappa shape index (κ2) is 12.3. The molecule has 6 heteroatoms. The van der Waals surface area contributed by atoms with E-state index < -0.39 is 0 Å². The average Bonchev–Trinajstić information content (AvgIpc) is 3.24. The van der Waals surface area contributed by atoms with Crippen molar-refractivity contribution in [2.45, 2.75) is 39.7 Å². The zero-order chi connectivity index (χ0) is 26.2. The smallest absolute Gasteiger partial charge is 0.251 e. The van der Waals surface area contributed by atoms with Crippen LogP contribution in [0.5, 0.6) is 11.5 Å². The molecule has 1 heterocycles. The molecule has 1 N–H and O–H groups in total. The van der Waals surface area contributed by atoms with E-state index in [2.05, 4.69) is 22.5 Å². The Balaban J connectivity index is 1.38. The number of aromatic nitrogens is 2. The maximum Gasteiger partial charge on any atom is 0.251 e. The molecule has 6 nitrogen and oxygen atoms in total. The van der Waals surface area contributed by atoms with Crippen molar-refractivity contribution >= 4 is 16.9 Å². The van der Waals surface area contributed by atoms with Gasteiger partial charge in [0, 0.05) is 18.5 Å². The number of rotatable bonds is 12. The summed E-state index contributed by atoms with van der Waals surface area (Å²) in [4.78, 5) is 17.5. The van der Waals surface area contributed by atoms with Crippen LogP contribution in [0.2, 0.25) is 0 Å². The molecule has 0 aliphatic rings. The van der Waals surface area contributed by atoms with Gasteiger partial charge in [-0.25, -0.2) is 4.98 Å². The Bertz CT molecular complexity index is 1390. The first-order chi connectivity index (χ1) is 18.0. The summed E-state index contributed by atoms with van der Waals surface area (Å²) in [7, 11) is 1.65. The fourth-order valence-electron chi connectivity index (χ4n) is 4.55. The van der Waals surface area contributed by atoms with Crippen molar-refractivity contribution in [2.75, 3.05) is 20.3 Å². The van der Waals surface area contributed by atoms with Gasteiger partial charge in [0.2, 0.25) is 0 Å². The van der Waals surface area contributed by atoms with Crippen LogP contribution in [0, 0.1) is 13.8 Å². The first kappa shape index (κ1) is 26.0. The van der Waals surface area contributed by atoms with Crippen molar-refractivity contribution < 1.29 is 14.3 Å². The summed E-state index contributed by atoms with van der Waals surface area (Å²) in [5.74, 6) is 2.39. The molecule has 37 heavy (non-hydrogen) atoms. The van der Waals surface area contributed by atoms with Gasteiger partial charge in [0.1, 0.15) is 12.4 Å². The summed E-state index contributed by atoms with van der Waals surface area (Å²) in [5.41, 5.74) is 6.04. The Hall–Kier alpha value is -4.06. The summed E-state index contributed by atoms with van der Waals surface area (Å²) in [6.45, 7) is 9.52. The maximum absolute atomic E-state index is 12.6. The first-order valence-electron chi connectivity index (χ1n) is 12.7. The summed E-state index contributed by atoms with van der Waals surface area (Å²) in [6.07, 6.45) is 4.20. The van der Waals surface area contributed by atoms with E-state index in [9.17, 15) is 4.79 Å². The normalized spacial score (nSPS) is 10.9. The lowest BCUT2D eigenvalue weighted by Gasteiger charge is -2.14. The number of para-hydroxylation sites is 2. The third kappa shape index (κ3) is 6.39. The van der Waals surface area contributed by atoms with E-state index in [0.717, 1.165) is 69.9 Å². The number of imidazole rings is 1. The zero-order valence-electron chi connectivity index (χ0n) is 21.9. The van der Waals surface area contributed by atoms with Gasteiger partial charge in [-0.3, -0.25) is 4.79 Å². The van der Waals surface area contributed by atoms with Crippen LogP contribution in [0.4, 0.5) is 0 Å². The molecule has 4 aromatic rings. The number of aryl methyl sites for hydroxylation is 3. The first-order valence-corrected chi connectivity index (χ1v) is 12.7. The van der Waals surface area contributed by atoms with Crippen LogP contribution in [0.3, 0.4) is 0 Å². The number of allylic oxidation sites excluding steroid dienone is 1. The lowest BCUT2D eigenvalue weighted by molar-refractivity contribution is 0.0952. The Morgan fingerprint density at radius 3 is 2.70 bits per heavy atom. The van der Waals surface area contributed by atoms with E-state index >= 15 is 0 Å². The minimum absolute atomic E-state index is 0.0348. The minimum Gasteiger partial charge on any atom is -0.493 e. The molecule has 0 bridgehead atoms. The number of hydrogen-bond acceptors (Lipinski definition) is 4. The van der Waals surface area contributed by atoms with Crippen LogP contribution in [-0.2, 0) is 19.4 Å². The van der Waals surface area contributed by atoms with Gasteiger partial charge in [0.25, 0.3) is 5.91 Å². The molecule has 3 aromatic carbocycles. The predicted octanol–water partition coefficient (Wildman–Crippen LogP) is 5.83. The molecule has 0 spiro atoms. The van der Waals surface area contributed by atoms with Gasteiger partial charge in [-0.15, -0.1) is 6.58 Å². The van der Waals surface area contributed by atoms with Crippen LogP contribution >= 0.6 is 0 Å². The summed E-state index contributed by atoms with van der Waals surface area (Å²) in [5, 5.41) is 3.05. The van der Waals surface area contributed by atoms with E-state index in [-0.39, 0.29) is 5.91 Å². The van der Waals surface area contributed by atoms with Gasteiger partial charge in [-0.05, 0) is 68.1 Å². The molecule has 0 fully saturated rings.